The Morgan fingerprint density at radius 3 is 2.31 bits per heavy atom. The first-order valence-corrected chi connectivity index (χ1v) is 6.76. The monoisotopic (exact) mass is 252 g/mol. The van der Waals surface area contributed by atoms with Crippen LogP contribution in [0.2, 0.25) is 0 Å². The van der Waals surface area contributed by atoms with Crippen LogP contribution in [-0.4, -0.2) is 32.1 Å². The minimum Gasteiger partial charge on any atom is -0.481 e. The van der Waals surface area contributed by atoms with Gasteiger partial charge >= 0.3 is 5.97 Å². The normalized spacial score (nSPS) is 14.0. The van der Waals surface area contributed by atoms with Crippen molar-refractivity contribution in [3.8, 4) is 0 Å². The highest BCUT2D eigenvalue weighted by Gasteiger charge is 2.19. The van der Waals surface area contributed by atoms with Gasteiger partial charge in [0.15, 0.2) is 0 Å². The lowest BCUT2D eigenvalue weighted by Crippen LogP contribution is -2.43. The van der Waals surface area contributed by atoms with Gasteiger partial charge < -0.3 is 5.11 Å². The molecular weight excluding hydrogens is 232 g/mol. The Kier molecular flexibility index (Phi) is 6.54. The molecule has 7 heteroatoms. The summed E-state index contributed by atoms with van der Waals surface area (Å²) in [5.74, 6) is -1.65. The average molecular weight is 252 g/mol. The standard InChI is InChI=1S/C9H20N2O4S/c1-4-5-8(9(12)13)6-10-16(14,15)11-7(2)3/h7-8,10-11H,4-6H2,1-3H3,(H,12,13). The van der Waals surface area contributed by atoms with E-state index in [0.29, 0.717) is 12.8 Å². The zero-order valence-electron chi connectivity index (χ0n) is 9.86. The number of carboxylic acids is 1. The Bertz CT molecular complexity index is 313. The summed E-state index contributed by atoms with van der Waals surface area (Å²) in [5.41, 5.74) is 0. The molecule has 0 fully saturated rings. The fourth-order valence-corrected chi connectivity index (χ4v) is 2.35. The van der Waals surface area contributed by atoms with E-state index in [0.717, 1.165) is 0 Å². The topological polar surface area (TPSA) is 95.5 Å². The van der Waals surface area contributed by atoms with Gasteiger partial charge in [-0.1, -0.05) is 13.3 Å². The van der Waals surface area contributed by atoms with Crippen LogP contribution in [0.5, 0.6) is 0 Å². The molecule has 0 rings (SSSR count). The molecule has 16 heavy (non-hydrogen) atoms. The van der Waals surface area contributed by atoms with Crippen LogP contribution in [0.1, 0.15) is 33.6 Å². The molecule has 6 nitrogen and oxygen atoms in total. The van der Waals surface area contributed by atoms with Crippen LogP contribution in [0.3, 0.4) is 0 Å². The van der Waals surface area contributed by atoms with E-state index in [2.05, 4.69) is 9.44 Å². The number of carboxylic acid groups (broad SMARTS) is 1. The molecule has 0 aromatic rings. The van der Waals surface area contributed by atoms with Crippen LogP contribution in [0.4, 0.5) is 0 Å². The van der Waals surface area contributed by atoms with E-state index in [-0.39, 0.29) is 12.6 Å². The molecule has 96 valence electrons. The molecule has 0 saturated heterocycles. The van der Waals surface area contributed by atoms with Crippen molar-refractivity contribution in [2.75, 3.05) is 6.54 Å². The molecule has 0 heterocycles. The summed E-state index contributed by atoms with van der Waals surface area (Å²) in [7, 11) is -3.59. The van der Waals surface area contributed by atoms with Gasteiger partial charge in [-0.3, -0.25) is 4.79 Å². The minimum atomic E-state index is -3.59. The maximum Gasteiger partial charge on any atom is 0.307 e. The number of nitrogens with one attached hydrogen (secondary N) is 2. The first kappa shape index (κ1) is 15.3. The van der Waals surface area contributed by atoms with Crippen molar-refractivity contribution in [1.82, 2.24) is 9.44 Å². The largest absolute Gasteiger partial charge is 0.481 e. The van der Waals surface area contributed by atoms with Crippen molar-refractivity contribution < 1.29 is 18.3 Å². The van der Waals surface area contributed by atoms with E-state index in [1.807, 2.05) is 6.92 Å². The smallest absolute Gasteiger partial charge is 0.307 e. The van der Waals surface area contributed by atoms with E-state index >= 15 is 0 Å². The summed E-state index contributed by atoms with van der Waals surface area (Å²) in [6.45, 7) is 5.17. The van der Waals surface area contributed by atoms with Crippen LogP contribution in [-0.2, 0) is 15.0 Å². The van der Waals surface area contributed by atoms with Crippen LogP contribution in [0.15, 0.2) is 0 Å². The molecule has 1 atom stereocenters. The summed E-state index contributed by atoms with van der Waals surface area (Å²) < 4.78 is 27.3. The van der Waals surface area contributed by atoms with Gasteiger partial charge in [0.1, 0.15) is 0 Å². The van der Waals surface area contributed by atoms with Gasteiger partial charge in [0, 0.05) is 12.6 Å². The summed E-state index contributed by atoms with van der Waals surface area (Å²) in [4.78, 5) is 10.8. The maximum atomic E-state index is 11.4. The average Bonchev–Trinajstić information content (AvgIpc) is 2.09. The Balaban J connectivity index is 4.24. The van der Waals surface area contributed by atoms with Crippen molar-refractivity contribution in [2.45, 2.75) is 39.7 Å². The van der Waals surface area contributed by atoms with E-state index in [9.17, 15) is 13.2 Å². The van der Waals surface area contributed by atoms with Gasteiger partial charge in [0.2, 0.25) is 0 Å². The van der Waals surface area contributed by atoms with E-state index in [4.69, 9.17) is 5.11 Å². The van der Waals surface area contributed by atoms with Crippen molar-refractivity contribution >= 4 is 16.2 Å². The summed E-state index contributed by atoms with van der Waals surface area (Å²) in [5, 5.41) is 8.83. The molecule has 3 N–H and O–H groups in total. The Morgan fingerprint density at radius 2 is 1.94 bits per heavy atom. The van der Waals surface area contributed by atoms with Gasteiger partial charge in [-0.25, -0.2) is 4.72 Å². The predicted molar refractivity (Wildman–Crippen MR) is 61.2 cm³/mol. The second-order valence-corrected chi connectivity index (χ2v) is 5.48. The third kappa shape index (κ3) is 6.76. The van der Waals surface area contributed by atoms with Gasteiger partial charge in [-0.05, 0) is 20.3 Å². The molecular formula is C9H20N2O4S. The van der Waals surface area contributed by atoms with Gasteiger partial charge in [-0.2, -0.15) is 13.1 Å². The molecule has 0 aliphatic carbocycles. The molecule has 0 aliphatic rings. The minimum absolute atomic E-state index is 0.0781. The number of aliphatic carboxylic acids is 1. The number of rotatable bonds is 8. The van der Waals surface area contributed by atoms with E-state index in [1.165, 1.54) is 0 Å². The Morgan fingerprint density at radius 1 is 1.38 bits per heavy atom. The molecule has 0 aromatic heterocycles. The quantitative estimate of drug-likeness (QED) is 0.579. The predicted octanol–water partition coefficient (Wildman–Crippen LogP) is 0.320. The van der Waals surface area contributed by atoms with Gasteiger partial charge in [0.05, 0.1) is 5.92 Å². The highest BCUT2D eigenvalue weighted by atomic mass is 32.2. The van der Waals surface area contributed by atoms with Crippen LogP contribution < -0.4 is 9.44 Å². The SMILES string of the molecule is CCCC(CNS(=O)(=O)NC(C)C)C(=O)O. The third-order valence-electron chi connectivity index (χ3n) is 1.90. The Hall–Kier alpha value is -0.660. The fraction of sp³-hybridized carbons (Fsp3) is 0.889. The number of hydrogen-bond acceptors (Lipinski definition) is 3. The zero-order chi connectivity index (χ0) is 12.8. The van der Waals surface area contributed by atoms with Crippen molar-refractivity contribution in [3.05, 3.63) is 0 Å². The lowest BCUT2D eigenvalue weighted by Gasteiger charge is -2.14. The molecule has 0 bridgehead atoms. The molecule has 0 radical (unpaired) electrons. The molecule has 0 aliphatic heterocycles. The molecule has 0 amide bonds. The van der Waals surface area contributed by atoms with Crippen molar-refractivity contribution in [3.63, 3.8) is 0 Å². The van der Waals surface area contributed by atoms with Crippen LogP contribution in [0, 0.1) is 5.92 Å². The number of carbonyl (C=O) groups is 1. The van der Waals surface area contributed by atoms with Crippen molar-refractivity contribution in [2.24, 2.45) is 5.92 Å². The summed E-state index contributed by atoms with van der Waals surface area (Å²) in [6, 6.07) is -0.216. The summed E-state index contributed by atoms with van der Waals surface area (Å²) in [6.07, 6.45) is 1.16. The van der Waals surface area contributed by atoms with Gasteiger partial charge in [-0.15, -0.1) is 0 Å². The fourth-order valence-electron chi connectivity index (χ4n) is 1.22. The van der Waals surface area contributed by atoms with Crippen molar-refractivity contribution in [1.29, 1.82) is 0 Å². The number of hydrogen-bond donors (Lipinski definition) is 3. The zero-order valence-corrected chi connectivity index (χ0v) is 10.7. The highest BCUT2D eigenvalue weighted by molar-refractivity contribution is 7.87. The maximum absolute atomic E-state index is 11.4. The lowest BCUT2D eigenvalue weighted by molar-refractivity contribution is -0.141. The van der Waals surface area contributed by atoms with E-state index < -0.39 is 22.1 Å². The molecule has 0 saturated carbocycles. The van der Waals surface area contributed by atoms with E-state index in [1.54, 1.807) is 13.8 Å². The highest BCUT2D eigenvalue weighted by Crippen LogP contribution is 2.05. The molecule has 0 aromatic carbocycles. The molecule has 0 spiro atoms. The van der Waals surface area contributed by atoms with Crippen LogP contribution in [0.25, 0.3) is 0 Å². The Labute approximate surface area is 96.6 Å². The first-order valence-electron chi connectivity index (χ1n) is 5.28. The lowest BCUT2D eigenvalue weighted by atomic mass is 10.1. The molecule has 1 unspecified atom stereocenters. The van der Waals surface area contributed by atoms with Crippen LogP contribution >= 0.6 is 0 Å². The van der Waals surface area contributed by atoms with Gasteiger partial charge in [0.25, 0.3) is 10.2 Å². The second kappa shape index (κ2) is 6.82. The summed E-state index contributed by atoms with van der Waals surface area (Å²) >= 11 is 0. The second-order valence-electron chi connectivity index (χ2n) is 3.95. The third-order valence-corrected chi connectivity index (χ3v) is 3.23. The first-order chi connectivity index (χ1) is 7.28.